The van der Waals surface area contributed by atoms with Gasteiger partial charge < -0.3 is 11.1 Å². The summed E-state index contributed by atoms with van der Waals surface area (Å²) in [6.45, 7) is 3.91. The number of aryl methyl sites for hydroxylation is 1. The first-order valence-corrected chi connectivity index (χ1v) is 6.79. The molecular weight excluding hydrogens is 282 g/mol. The van der Waals surface area contributed by atoms with Crippen LogP contribution in [0.4, 0.5) is 5.13 Å². The Labute approximate surface area is 122 Å². The van der Waals surface area contributed by atoms with Crippen molar-refractivity contribution in [2.24, 2.45) is 5.73 Å². The monoisotopic (exact) mass is 299 g/mol. The molecule has 0 spiro atoms. The Morgan fingerprint density at radius 2 is 2.26 bits per heavy atom. The summed E-state index contributed by atoms with van der Waals surface area (Å²) in [4.78, 5) is 16.1. The van der Waals surface area contributed by atoms with Crippen LogP contribution in [-0.2, 0) is 4.79 Å². The fourth-order valence-corrected chi connectivity index (χ4v) is 2.64. The molecule has 1 amide bonds. The number of rotatable bonds is 4. The minimum absolute atomic E-state index is 0. The Morgan fingerprint density at radius 1 is 1.53 bits per heavy atom. The van der Waals surface area contributed by atoms with Crippen LogP contribution in [0.2, 0.25) is 0 Å². The van der Waals surface area contributed by atoms with Crippen molar-refractivity contribution in [1.29, 1.82) is 0 Å². The molecule has 0 aliphatic heterocycles. The van der Waals surface area contributed by atoms with Crippen LogP contribution in [0.3, 0.4) is 0 Å². The molecule has 1 atom stereocenters. The third-order valence-electron chi connectivity index (χ3n) is 2.69. The Hall–Kier alpha value is -1.17. The highest BCUT2D eigenvalue weighted by atomic mass is 35.5. The lowest BCUT2D eigenvalue weighted by molar-refractivity contribution is -0.116. The normalized spacial score (nSPS) is 11.9. The molecule has 3 N–H and O–H groups in total. The summed E-state index contributed by atoms with van der Waals surface area (Å²) in [5, 5.41) is 3.49. The van der Waals surface area contributed by atoms with E-state index in [4.69, 9.17) is 5.73 Å². The summed E-state index contributed by atoms with van der Waals surface area (Å²) in [6, 6.07) is 6.08. The number of carbonyl (C=O) groups excluding carboxylic acids is 1. The van der Waals surface area contributed by atoms with Gasteiger partial charge in [0.15, 0.2) is 5.13 Å². The van der Waals surface area contributed by atoms with E-state index in [1.807, 2.05) is 32.0 Å². The molecule has 0 saturated carbocycles. The molecule has 0 fully saturated rings. The average Bonchev–Trinajstić information content (AvgIpc) is 2.70. The van der Waals surface area contributed by atoms with Crippen LogP contribution >= 0.6 is 23.7 Å². The second-order valence-corrected chi connectivity index (χ2v) is 5.54. The van der Waals surface area contributed by atoms with Crippen molar-refractivity contribution in [3.05, 3.63) is 23.8 Å². The smallest absolute Gasteiger partial charge is 0.226 e. The molecule has 0 aliphatic rings. The number of hydrogen-bond acceptors (Lipinski definition) is 4. The molecule has 0 saturated heterocycles. The van der Waals surface area contributed by atoms with E-state index in [9.17, 15) is 4.79 Å². The van der Waals surface area contributed by atoms with Crippen molar-refractivity contribution in [1.82, 2.24) is 4.98 Å². The molecule has 1 aromatic heterocycles. The zero-order chi connectivity index (χ0) is 13.1. The number of anilines is 1. The van der Waals surface area contributed by atoms with Gasteiger partial charge in [0.1, 0.15) is 0 Å². The van der Waals surface area contributed by atoms with Crippen LogP contribution in [0.25, 0.3) is 10.2 Å². The van der Waals surface area contributed by atoms with Crippen LogP contribution in [0, 0.1) is 6.92 Å². The Balaban J connectivity index is 0.00000180. The number of amides is 1. The second kappa shape index (κ2) is 6.84. The van der Waals surface area contributed by atoms with Crippen LogP contribution in [0.15, 0.2) is 18.2 Å². The van der Waals surface area contributed by atoms with Gasteiger partial charge in [-0.05, 0) is 31.9 Å². The van der Waals surface area contributed by atoms with Crippen LogP contribution in [0.1, 0.15) is 25.3 Å². The Morgan fingerprint density at radius 3 is 2.89 bits per heavy atom. The molecule has 2 aromatic rings. The van der Waals surface area contributed by atoms with Crippen LogP contribution < -0.4 is 11.1 Å². The fourth-order valence-electron chi connectivity index (χ4n) is 1.68. The lowest BCUT2D eigenvalue weighted by atomic mass is 10.2. The summed E-state index contributed by atoms with van der Waals surface area (Å²) in [6.07, 6.45) is 1.13. The predicted molar refractivity (Wildman–Crippen MR) is 83.1 cm³/mol. The second-order valence-electron chi connectivity index (χ2n) is 4.50. The lowest BCUT2D eigenvalue weighted by Crippen LogP contribution is -2.19. The molecule has 4 nitrogen and oxygen atoms in total. The summed E-state index contributed by atoms with van der Waals surface area (Å²) < 4.78 is 1.09. The molecule has 1 aromatic carbocycles. The number of hydrogen-bond donors (Lipinski definition) is 2. The van der Waals surface area contributed by atoms with E-state index in [-0.39, 0.29) is 24.4 Å². The minimum atomic E-state index is -0.0241. The van der Waals surface area contributed by atoms with Gasteiger partial charge in [0.25, 0.3) is 0 Å². The molecule has 1 heterocycles. The van der Waals surface area contributed by atoms with Gasteiger partial charge in [0.05, 0.1) is 10.2 Å². The number of para-hydroxylation sites is 1. The zero-order valence-electron chi connectivity index (χ0n) is 11.0. The highest BCUT2D eigenvalue weighted by molar-refractivity contribution is 7.22. The summed E-state index contributed by atoms with van der Waals surface area (Å²) in [7, 11) is 0. The van der Waals surface area contributed by atoms with E-state index in [2.05, 4.69) is 10.3 Å². The van der Waals surface area contributed by atoms with Gasteiger partial charge in [-0.2, -0.15) is 0 Å². The van der Waals surface area contributed by atoms with Crippen molar-refractivity contribution in [3.8, 4) is 0 Å². The molecule has 0 aliphatic carbocycles. The molecule has 2 rings (SSSR count). The standard InChI is InChI=1S/C13H17N3OS.ClH/c1-8-4-3-5-10-12(8)16-13(18-10)15-11(17)7-6-9(2)14;/h3-5,9H,6-7,14H2,1-2H3,(H,15,16,17);1H. The van der Waals surface area contributed by atoms with E-state index >= 15 is 0 Å². The highest BCUT2D eigenvalue weighted by Gasteiger charge is 2.09. The molecule has 6 heteroatoms. The first kappa shape index (κ1) is 15.9. The van der Waals surface area contributed by atoms with E-state index in [1.54, 1.807) is 0 Å². The Bertz CT molecular complexity index is 568. The maximum Gasteiger partial charge on any atom is 0.226 e. The third-order valence-corrected chi connectivity index (χ3v) is 3.63. The van der Waals surface area contributed by atoms with E-state index in [0.717, 1.165) is 15.8 Å². The molecular formula is C13H18ClN3OS. The number of halogens is 1. The summed E-state index contributed by atoms with van der Waals surface area (Å²) in [5.41, 5.74) is 7.71. The van der Waals surface area contributed by atoms with E-state index in [0.29, 0.717) is 18.0 Å². The van der Waals surface area contributed by atoms with Crippen LogP contribution in [0.5, 0.6) is 0 Å². The van der Waals surface area contributed by atoms with Crippen molar-refractivity contribution < 1.29 is 4.79 Å². The molecule has 0 radical (unpaired) electrons. The number of benzene rings is 1. The number of carbonyl (C=O) groups is 1. The average molecular weight is 300 g/mol. The third kappa shape index (κ3) is 4.16. The van der Waals surface area contributed by atoms with E-state index < -0.39 is 0 Å². The van der Waals surface area contributed by atoms with Crippen molar-refractivity contribution >= 4 is 45.0 Å². The maximum absolute atomic E-state index is 11.7. The minimum Gasteiger partial charge on any atom is -0.328 e. The number of thiazole rings is 1. The number of aromatic nitrogens is 1. The van der Waals surface area contributed by atoms with Crippen molar-refractivity contribution in [2.75, 3.05) is 5.32 Å². The van der Waals surface area contributed by atoms with Crippen molar-refractivity contribution in [3.63, 3.8) is 0 Å². The molecule has 0 bridgehead atoms. The predicted octanol–water partition coefficient (Wildman–Crippen LogP) is 3.09. The highest BCUT2D eigenvalue weighted by Crippen LogP contribution is 2.27. The molecule has 1 unspecified atom stereocenters. The zero-order valence-corrected chi connectivity index (χ0v) is 12.6. The summed E-state index contributed by atoms with van der Waals surface area (Å²) >= 11 is 1.50. The first-order valence-electron chi connectivity index (χ1n) is 5.98. The number of nitrogens with one attached hydrogen (secondary N) is 1. The van der Waals surface area contributed by atoms with Gasteiger partial charge in [-0.1, -0.05) is 23.5 Å². The van der Waals surface area contributed by atoms with Gasteiger partial charge in [-0.25, -0.2) is 4.98 Å². The first-order chi connectivity index (χ1) is 8.56. The number of nitrogens with two attached hydrogens (primary N) is 1. The number of fused-ring (bicyclic) bond motifs is 1. The van der Waals surface area contributed by atoms with Gasteiger partial charge >= 0.3 is 0 Å². The van der Waals surface area contributed by atoms with Gasteiger partial charge in [-0.3, -0.25) is 4.79 Å². The Kier molecular flexibility index (Phi) is 5.72. The van der Waals surface area contributed by atoms with E-state index in [1.165, 1.54) is 11.3 Å². The van der Waals surface area contributed by atoms with Gasteiger partial charge in [0, 0.05) is 12.5 Å². The largest absolute Gasteiger partial charge is 0.328 e. The summed E-state index contributed by atoms with van der Waals surface area (Å²) in [5.74, 6) is -0.0241. The van der Waals surface area contributed by atoms with Crippen molar-refractivity contribution in [2.45, 2.75) is 32.7 Å². The fraction of sp³-hybridized carbons (Fsp3) is 0.385. The van der Waals surface area contributed by atoms with Gasteiger partial charge in [0.2, 0.25) is 5.91 Å². The maximum atomic E-state index is 11.7. The quantitative estimate of drug-likeness (QED) is 0.911. The number of nitrogens with zero attached hydrogens (tertiary/aromatic N) is 1. The van der Waals surface area contributed by atoms with Crippen LogP contribution in [-0.4, -0.2) is 16.9 Å². The SMILES string of the molecule is Cc1cccc2sc(NC(=O)CCC(C)N)nc12.Cl. The molecule has 19 heavy (non-hydrogen) atoms. The van der Waals surface area contributed by atoms with Gasteiger partial charge in [-0.15, -0.1) is 12.4 Å². The topological polar surface area (TPSA) is 68.0 Å². The lowest BCUT2D eigenvalue weighted by Gasteiger charge is -2.03. The molecule has 104 valence electrons.